The van der Waals surface area contributed by atoms with Gasteiger partial charge in [-0.1, -0.05) is 6.42 Å². The van der Waals surface area contributed by atoms with E-state index in [1.165, 1.54) is 0 Å². The Morgan fingerprint density at radius 3 is 2.15 bits per heavy atom. The molecule has 6 heteroatoms. The molecule has 0 aromatic heterocycles. The van der Waals surface area contributed by atoms with Gasteiger partial charge in [-0.25, -0.2) is 12.7 Å². The van der Waals surface area contributed by atoms with Crippen LogP contribution in [0.2, 0.25) is 0 Å². The predicted molar refractivity (Wildman–Crippen MR) is 55.5 cm³/mol. The van der Waals surface area contributed by atoms with E-state index < -0.39 is 10.0 Å². The van der Waals surface area contributed by atoms with Crippen molar-refractivity contribution in [2.75, 3.05) is 25.4 Å². The van der Waals surface area contributed by atoms with Crippen molar-refractivity contribution in [3.8, 4) is 0 Å². The third-order valence-corrected chi connectivity index (χ3v) is 3.99. The highest BCUT2D eigenvalue weighted by molar-refractivity contribution is 7.89. The Bertz CT molecular complexity index is 225. The van der Waals surface area contributed by atoms with Crippen molar-refractivity contribution in [1.82, 2.24) is 4.31 Å². The minimum absolute atomic E-state index is 0. The Kier molecular flexibility index (Phi) is 5.87. The Labute approximate surface area is 85.9 Å². The summed E-state index contributed by atoms with van der Waals surface area (Å²) in [5, 5.41) is 0. The standard InChI is InChI=1S/C7H16N2O2S.ClH/c8-4-7-12(10,11)9-5-2-1-3-6-9;/h1-8H2;1H. The van der Waals surface area contributed by atoms with Crippen LogP contribution >= 0.6 is 12.4 Å². The van der Waals surface area contributed by atoms with Crippen LogP contribution < -0.4 is 5.73 Å². The average molecular weight is 229 g/mol. The van der Waals surface area contributed by atoms with Crippen LogP contribution in [0.3, 0.4) is 0 Å². The van der Waals surface area contributed by atoms with Crippen LogP contribution in [0.5, 0.6) is 0 Å². The van der Waals surface area contributed by atoms with Crippen LogP contribution in [-0.4, -0.2) is 38.1 Å². The molecule has 2 N–H and O–H groups in total. The van der Waals surface area contributed by atoms with Crippen LogP contribution in [-0.2, 0) is 10.0 Å². The molecule has 0 radical (unpaired) electrons. The van der Waals surface area contributed by atoms with Crippen LogP contribution in [0.15, 0.2) is 0 Å². The summed E-state index contributed by atoms with van der Waals surface area (Å²) in [6.07, 6.45) is 3.13. The summed E-state index contributed by atoms with van der Waals surface area (Å²) < 4.78 is 24.4. The Balaban J connectivity index is 0.00000144. The summed E-state index contributed by atoms with van der Waals surface area (Å²) in [6.45, 7) is 1.59. The van der Waals surface area contributed by atoms with E-state index in [1.807, 2.05) is 0 Å². The molecule has 1 aliphatic heterocycles. The summed E-state index contributed by atoms with van der Waals surface area (Å²) in [7, 11) is -3.03. The summed E-state index contributed by atoms with van der Waals surface area (Å²) in [6, 6.07) is 0. The van der Waals surface area contributed by atoms with E-state index in [1.54, 1.807) is 4.31 Å². The first-order chi connectivity index (χ1) is 5.67. The van der Waals surface area contributed by atoms with Gasteiger partial charge in [0.15, 0.2) is 0 Å². The number of hydrogen-bond acceptors (Lipinski definition) is 3. The van der Waals surface area contributed by atoms with Gasteiger partial charge in [-0.2, -0.15) is 0 Å². The number of halogens is 1. The minimum Gasteiger partial charge on any atom is -0.329 e. The zero-order valence-corrected chi connectivity index (χ0v) is 9.24. The summed E-state index contributed by atoms with van der Waals surface area (Å²) in [5.41, 5.74) is 5.22. The molecule has 0 aromatic carbocycles. The van der Waals surface area contributed by atoms with Crippen LogP contribution in [0.25, 0.3) is 0 Å². The second-order valence-corrected chi connectivity index (χ2v) is 5.15. The maximum atomic E-state index is 11.4. The van der Waals surface area contributed by atoms with Crippen molar-refractivity contribution < 1.29 is 8.42 Å². The minimum atomic E-state index is -3.03. The van der Waals surface area contributed by atoms with Crippen molar-refractivity contribution >= 4 is 22.4 Å². The van der Waals surface area contributed by atoms with Gasteiger partial charge in [0.1, 0.15) is 0 Å². The maximum Gasteiger partial charge on any atom is 0.215 e. The molecule has 1 fully saturated rings. The van der Waals surface area contributed by atoms with E-state index in [0.717, 1.165) is 19.3 Å². The molecule has 0 aromatic rings. The third-order valence-electron chi connectivity index (χ3n) is 2.08. The molecule has 13 heavy (non-hydrogen) atoms. The molecule has 0 spiro atoms. The van der Waals surface area contributed by atoms with Gasteiger partial charge in [0.25, 0.3) is 0 Å². The number of nitrogens with zero attached hydrogens (tertiary/aromatic N) is 1. The van der Waals surface area contributed by atoms with Gasteiger partial charge in [0.05, 0.1) is 5.75 Å². The molecule has 0 bridgehead atoms. The lowest BCUT2D eigenvalue weighted by Crippen LogP contribution is -2.38. The van der Waals surface area contributed by atoms with Gasteiger partial charge in [0, 0.05) is 19.6 Å². The fourth-order valence-corrected chi connectivity index (χ4v) is 2.79. The Morgan fingerprint density at radius 2 is 1.69 bits per heavy atom. The molecule has 0 saturated carbocycles. The molecule has 0 unspecified atom stereocenters. The topological polar surface area (TPSA) is 63.4 Å². The van der Waals surface area contributed by atoms with Crippen molar-refractivity contribution in [1.29, 1.82) is 0 Å². The SMILES string of the molecule is Cl.NCCS(=O)(=O)N1CCCCC1. The van der Waals surface area contributed by atoms with Crippen LogP contribution in [0.1, 0.15) is 19.3 Å². The molecule has 0 aliphatic carbocycles. The van der Waals surface area contributed by atoms with Crippen molar-refractivity contribution in [2.24, 2.45) is 5.73 Å². The highest BCUT2D eigenvalue weighted by atomic mass is 35.5. The van der Waals surface area contributed by atoms with E-state index >= 15 is 0 Å². The fraction of sp³-hybridized carbons (Fsp3) is 1.00. The lowest BCUT2D eigenvalue weighted by molar-refractivity contribution is 0.347. The van der Waals surface area contributed by atoms with Crippen molar-refractivity contribution in [3.63, 3.8) is 0 Å². The lowest BCUT2D eigenvalue weighted by Gasteiger charge is -2.25. The number of nitrogens with two attached hydrogens (primary N) is 1. The van der Waals surface area contributed by atoms with Crippen LogP contribution in [0.4, 0.5) is 0 Å². The summed E-state index contributed by atoms with van der Waals surface area (Å²) in [4.78, 5) is 0. The normalized spacial score (nSPS) is 19.5. The zero-order valence-electron chi connectivity index (χ0n) is 7.61. The molecule has 1 rings (SSSR count). The van der Waals surface area contributed by atoms with Crippen molar-refractivity contribution in [3.05, 3.63) is 0 Å². The predicted octanol–water partition coefficient (Wildman–Crippen LogP) is 0.183. The molecular weight excluding hydrogens is 212 g/mol. The van der Waals surface area contributed by atoms with Crippen LogP contribution in [0, 0.1) is 0 Å². The Morgan fingerprint density at radius 1 is 1.15 bits per heavy atom. The number of rotatable bonds is 3. The van der Waals surface area contributed by atoms with Gasteiger partial charge in [-0.3, -0.25) is 0 Å². The molecule has 0 atom stereocenters. The largest absolute Gasteiger partial charge is 0.329 e. The first kappa shape index (κ1) is 13.2. The van der Waals surface area contributed by atoms with Gasteiger partial charge in [-0.05, 0) is 12.8 Å². The number of hydrogen-bond donors (Lipinski definition) is 1. The summed E-state index contributed by atoms with van der Waals surface area (Å²) in [5.74, 6) is 0.0903. The molecule has 0 amide bonds. The maximum absolute atomic E-state index is 11.4. The second-order valence-electron chi connectivity index (χ2n) is 3.06. The molecule has 1 saturated heterocycles. The van der Waals surface area contributed by atoms with Gasteiger partial charge < -0.3 is 5.73 Å². The molecule has 4 nitrogen and oxygen atoms in total. The van der Waals surface area contributed by atoms with E-state index in [0.29, 0.717) is 13.1 Å². The second kappa shape index (κ2) is 5.80. The first-order valence-electron chi connectivity index (χ1n) is 4.35. The average Bonchev–Trinajstić information content (AvgIpc) is 2.06. The van der Waals surface area contributed by atoms with E-state index in [4.69, 9.17) is 5.73 Å². The zero-order chi connectivity index (χ0) is 9.03. The molecular formula is C7H17ClN2O2S. The third kappa shape index (κ3) is 3.81. The monoisotopic (exact) mass is 228 g/mol. The lowest BCUT2D eigenvalue weighted by atomic mass is 10.2. The van der Waals surface area contributed by atoms with Crippen molar-refractivity contribution in [2.45, 2.75) is 19.3 Å². The molecule has 1 heterocycles. The smallest absolute Gasteiger partial charge is 0.215 e. The molecule has 80 valence electrons. The highest BCUT2D eigenvalue weighted by Gasteiger charge is 2.22. The van der Waals surface area contributed by atoms with Gasteiger partial charge in [0.2, 0.25) is 10.0 Å². The molecule has 1 aliphatic rings. The van der Waals surface area contributed by atoms with Gasteiger partial charge in [-0.15, -0.1) is 12.4 Å². The summed E-state index contributed by atoms with van der Waals surface area (Å²) >= 11 is 0. The quantitative estimate of drug-likeness (QED) is 0.750. The van der Waals surface area contributed by atoms with Gasteiger partial charge >= 0.3 is 0 Å². The first-order valence-corrected chi connectivity index (χ1v) is 5.95. The van der Waals surface area contributed by atoms with E-state index in [9.17, 15) is 8.42 Å². The fourth-order valence-electron chi connectivity index (χ4n) is 1.42. The Hall–Kier alpha value is 0.160. The van der Waals surface area contributed by atoms with E-state index in [2.05, 4.69) is 0 Å². The highest BCUT2D eigenvalue weighted by Crippen LogP contribution is 2.12. The van der Waals surface area contributed by atoms with E-state index in [-0.39, 0.29) is 24.7 Å². The number of sulfonamides is 1. The number of piperidine rings is 1.